The Morgan fingerprint density at radius 1 is 1.38 bits per heavy atom. The lowest BCUT2D eigenvalue weighted by atomic mass is 9.90. The molecule has 1 heterocycles. The largest absolute Gasteiger partial charge is 0.389 e. The fourth-order valence-corrected chi connectivity index (χ4v) is 2.88. The summed E-state index contributed by atoms with van der Waals surface area (Å²) in [7, 11) is 0. The number of fused-ring (bicyclic) bond motifs is 1. The number of aromatic nitrogens is 2. The van der Waals surface area contributed by atoms with Crippen molar-refractivity contribution in [2.24, 2.45) is 5.73 Å². The van der Waals surface area contributed by atoms with Crippen LogP contribution in [0.15, 0.2) is 30.3 Å². The number of benzene rings is 2. The van der Waals surface area contributed by atoms with E-state index in [1.807, 2.05) is 31.2 Å². The average Bonchev–Trinajstić information content (AvgIpc) is 2.92. The molecule has 0 bridgehead atoms. The van der Waals surface area contributed by atoms with E-state index in [-0.39, 0.29) is 11.1 Å². The van der Waals surface area contributed by atoms with E-state index in [2.05, 4.69) is 9.97 Å². The van der Waals surface area contributed by atoms with Crippen molar-refractivity contribution in [2.75, 3.05) is 0 Å². The zero-order valence-electron chi connectivity index (χ0n) is 13.3. The van der Waals surface area contributed by atoms with Crippen LogP contribution in [0.25, 0.3) is 22.2 Å². The minimum absolute atomic E-state index is 0.226. The number of nitriles is 1. The lowest BCUT2D eigenvalue weighted by Crippen LogP contribution is -2.13. The first kappa shape index (κ1) is 15.7. The molecule has 3 aromatic rings. The van der Waals surface area contributed by atoms with Gasteiger partial charge in [-0.15, -0.1) is 0 Å². The number of aliphatic hydroxyl groups is 1. The number of hydrogen-bond donors (Lipinski definition) is 3. The molecule has 24 heavy (non-hydrogen) atoms. The van der Waals surface area contributed by atoms with Gasteiger partial charge in [-0.3, -0.25) is 4.79 Å². The van der Waals surface area contributed by atoms with Crippen LogP contribution in [-0.2, 0) is 0 Å². The van der Waals surface area contributed by atoms with Gasteiger partial charge in [0, 0.05) is 11.1 Å². The quantitative estimate of drug-likeness (QED) is 0.687. The molecule has 0 saturated carbocycles. The number of aromatic amines is 1. The van der Waals surface area contributed by atoms with E-state index in [1.54, 1.807) is 13.0 Å². The maximum atomic E-state index is 11.6. The number of primary amides is 1. The number of nitrogens with two attached hydrogens (primary N) is 1. The van der Waals surface area contributed by atoms with Crippen LogP contribution in [0.2, 0.25) is 0 Å². The summed E-state index contributed by atoms with van der Waals surface area (Å²) in [5.74, 6) is 0.170. The van der Waals surface area contributed by atoms with Gasteiger partial charge in [-0.05, 0) is 49.2 Å². The van der Waals surface area contributed by atoms with E-state index in [9.17, 15) is 15.2 Å². The summed E-state index contributed by atoms with van der Waals surface area (Å²) < 4.78 is 0. The monoisotopic (exact) mass is 320 g/mol. The SMILES string of the molecule is Cc1nc2cc(-c3cc(C(N)=O)cc(C#N)c3C(C)O)ccc2[nH]1. The van der Waals surface area contributed by atoms with Gasteiger partial charge in [0.2, 0.25) is 5.91 Å². The Hall–Kier alpha value is -3.17. The molecule has 0 fully saturated rings. The van der Waals surface area contributed by atoms with Crippen LogP contribution >= 0.6 is 0 Å². The van der Waals surface area contributed by atoms with Gasteiger partial charge in [-0.25, -0.2) is 4.98 Å². The topological polar surface area (TPSA) is 116 Å². The molecule has 1 amide bonds. The highest BCUT2D eigenvalue weighted by molar-refractivity contribution is 5.96. The maximum absolute atomic E-state index is 11.6. The van der Waals surface area contributed by atoms with Crippen LogP contribution in [0.4, 0.5) is 0 Å². The molecule has 0 spiro atoms. The van der Waals surface area contributed by atoms with E-state index in [0.29, 0.717) is 11.1 Å². The third kappa shape index (κ3) is 2.62. The molecule has 0 aliphatic rings. The summed E-state index contributed by atoms with van der Waals surface area (Å²) in [4.78, 5) is 19.1. The van der Waals surface area contributed by atoms with Gasteiger partial charge >= 0.3 is 0 Å². The number of hydrogen-bond acceptors (Lipinski definition) is 4. The zero-order valence-corrected chi connectivity index (χ0v) is 13.3. The number of amides is 1. The molecule has 1 aromatic heterocycles. The molecule has 2 aromatic carbocycles. The van der Waals surface area contributed by atoms with Gasteiger partial charge in [0.05, 0.1) is 28.8 Å². The van der Waals surface area contributed by atoms with Crippen molar-refractivity contribution < 1.29 is 9.90 Å². The van der Waals surface area contributed by atoms with Crippen LogP contribution in [0.5, 0.6) is 0 Å². The molecule has 0 radical (unpaired) electrons. The Morgan fingerprint density at radius 2 is 2.12 bits per heavy atom. The second kappa shape index (κ2) is 5.80. The number of nitrogens with zero attached hydrogens (tertiary/aromatic N) is 2. The molecule has 0 aliphatic heterocycles. The summed E-state index contributed by atoms with van der Waals surface area (Å²) in [5.41, 5.74) is 9.31. The number of imidazole rings is 1. The Labute approximate surface area is 138 Å². The third-order valence-electron chi connectivity index (χ3n) is 3.92. The smallest absolute Gasteiger partial charge is 0.248 e. The minimum Gasteiger partial charge on any atom is -0.389 e. The molecule has 4 N–H and O–H groups in total. The van der Waals surface area contributed by atoms with Gasteiger partial charge in [-0.2, -0.15) is 5.26 Å². The van der Waals surface area contributed by atoms with Crippen LogP contribution < -0.4 is 5.73 Å². The van der Waals surface area contributed by atoms with Crippen molar-refractivity contribution in [3.05, 3.63) is 52.8 Å². The Balaban J connectivity index is 2.32. The molecule has 0 saturated heterocycles. The van der Waals surface area contributed by atoms with Gasteiger partial charge in [0.1, 0.15) is 5.82 Å². The zero-order chi connectivity index (χ0) is 17.4. The van der Waals surface area contributed by atoms with E-state index in [1.165, 1.54) is 6.07 Å². The van der Waals surface area contributed by atoms with Gasteiger partial charge in [-0.1, -0.05) is 6.07 Å². The molecule has 0 aliphatic carbocycles. The van der Waals surface area contributed by atoms with Crippen molar-refractivity contribution in [2.45, 2.75) is 20.0 Å². The molecular weight excluding hydrogens is 304 g/mol. The van der Waals surface area contributed by atoms with Crippen molar-refractivity contribution in [3.63, 3.8) is 0 Å². The molecule has 1 atom stereocenters. The Kier molecular flexibility index (Phi) is 3.80. The fraction of sp³-hybridized carbons (Fsp3) is 0.167. The Bertz CT molecular complexity index is 996. The molecule has 6 nitrogen and oxygen atoms in total. The van der Waals surface area contributed by atoms with Gasteiger partial charge in [0.25, 0.3) is 0 Å². The molecule has 120 valence electrons. The number of rotatable bonds is 3. The van der Waals surface area contributed by atoms with Crippen LogP contribution in [0.3, 0.4) is 0 Å². The average molecular weight is 320 g/mol. The van der Waals surface area contributed by atoms with Gasteiger partial charge in [0.15, 0.2) is 0 Å². The Morgan fingerprint density at radius 3 is 2.75 bits per heavy atom. The first-order chi connectivity index (χ1) is 11.4. The van der Waals surface area contributed by atoms with Crippen LogP contribution in [0, 0.1) is 18.3 Å². The van der Waals surface area contributed by atoms with Crippen LogP contribution in [0.1, 0.15) is 40.3 Å². The van der Waals surface area contributed by atoms with Gasteiger partial charge < -0.3 is 15.8 Å². The summed E-state index contributed by atoms with van der Waals surface area (Å²) >= 11 is 0. The predicted octanol–water partition coefficient (Wildman–Crippen LogP) is 2.56. The minimum atomic E-state index is -0.867. The summed E-state index contributed by atoms with van der Waals surface area (Å²) in [6.07, 6.45) is -0.867. The van der Waals surface area contributed by atoms with Crippen molar-refractivity contribution in [1.82, 2.24) is 9.97 Å². The third-order valence-corrected chi connectivity index (χ3v) is 3.92. The lowest BCUT2D eigenvalue weighted by molar-refractivity contribution is 0.1000. The van der Waals surface area contributed by atoms with Crippen molar-refractivity contribution >= 4 is 16.9 Å². The molecule has 6 heteroatoms. The maximum Gasteiger partial charge on any atom is 0.248 e. The standard InChI is InChI=1S/C18H16N4O2/c1-9(23)17-13(8-19)5-12(18(20)24)6-14(17)11-3-4-15-16(7-11)22-10(2)21-15/h3-7,9,23H,1-2H3,(H2,20,24)(H,21,22). The van der Waals surface area contributed by atoms with Crippen LogP contribution in [-0.4, -0.2) is 21.0 Å². The first-order valence-electron chi connectivity index (χ1n) is 7.43. The molecule has 3 rings (SSSR count). The van der Waals surface area contributed by atoms with E-state index in [0.717, 1.165) is 22.4 Å². The number of carbonyl (C=O) groups excluding carboxylic acids is 1. The second-order valence-electron chi connectivity index (χ2n) is 5.69. The number of aliphatic hydroxyl groups excluding tert-OH is 1. The fourth-order valence-electron chi connectivity index (χ4n) is 2.88. The van der Waals surface area contributed by atoms with E-state index >= 15 is 0 Å². The number of carbonyl (C=O) groups is 1. The number of H-pyrrole nitrogens is 1. The van der Waals surface area contributed by atoms with E-state index in [4.69, 9.17) is 5.73 Å². The summed E-state index contributed by atoms with van der Waals surface area (Å²) in [6.45, 7) is 3.45. The first-order valence-corrected chi connectivity index (χ1v) is 7.43. The highest BCUT2D eigenvalue weighted by Gasteiger charge is 2.18. The summed E-state index contributed by atoms with van der Waals surface area (Å²) in [6, 6.07) is 10.6. The van der Waals surface area contributed by atoms with Crippen molar-refractivity contribution in [3.8, 4) is 17.2 Å². The lowest BCUT2D eigenvalue weighted by Gasteiger charge is -2.15. The predicted molar refractivity (Wildman–Crippen MR) is 90.1 cm³/mol. The number of nitrogens with one attached hydrogen (secondary N) is 1. The number of aryl methyl sites for hydroxylation is 1. The normalized spacial score (nSPS) is 12.1. The molecular formula is C18H16N4O2. The summed E-state index contributed by atoms with van der Waals surface area (Å²) in [5, 5.41) is 19.5. The molecule has 1 unspecified atom stereocenters. The highest BCUT2D eigenvalue weighted by Crippen LogP contribution is 2.33. The van der Waals surface area contributed by atoms with E-state index < -0.39 is 12.0 Å². The highest BCUT2D eigenvalue weighted by atomic mass is 16.3. The van der Waals surface area contributed by atoms with Crippen molar-refractivity contribution in [1.29, 1.82) is 5.26 Å². The second-order valence-corrected chi connectivity index (χ2v) is 5.69.